The highest BCUT2D eigenvalue weighted by Gasteiger charge is 2.57. The molecule has 12 nitrogen and oxygen atoms in total. The summed E-state index contributed by atoms with van der Waals surface area (Å²) in [5.74, 6) is 8.90. The van der Waals surface area contributed by atoms with E-state index in [1.807, 2.05) is 0 Å². The zero-order valence-corrected chi connectivity index (χ0v) is 57.5. The maximum Gasteiger partial charge on any atom is 0.333 e. The van der Waals surface area contributed by atoms with Gasteiger partial charge in [0, 0.05) is 11.6 Å². The third-order valence-electron chi connectivity index (χ3n) is 25.9. The van der Waals surface area contributed by atoms with Crippen molar-refractivity contribution in [3.8, 4) is 0 Å². The van der Waals surface area contributed by atoms with Gasteiger partial charge < -0.3 is 28.4 Å². The van der Waals surface area contributed by atoms with Crippen LogP contribution in [0.2, 0.25) is 0 Å². The Morgan fingerprint density at radius 2 is 0.725 bits per heavy atom. The fourth-order valence-electron chi connectivity index (χ4n) is 21.1. The monoisotopic (exact) mass is 1270 g/mol. The van der Waals surface area contributed by atoms with Crippen LogP contribution in [0.4, 0.5) is 0 Å². The van der Waals surface area contributed by atoms with E-state index in [-0.39, 0.29) is 59.5 Å². The Morgan fingerprint density at radius 3 is 1.14 bits per heavy atom. The van der Waals surface area contributed by atoms with E-state index in [4.69, 9.17) is 28.4 Å². The number of carbonyl (C=O) groups is 6. The lowest BCUT2D eigenvalue weighted by Crippen LogP contribution is -2.35. The van der Waals surface area contributed by atoms with Crippen molar-refractivity contribution in [1.29, 1.82) is 0 Å². The van der Waals surface area contributed by atoms with Gasteiger partial charge in [0.2, 0.25) is 0 Å². The topological polar surface area (TPSA) is 158 Å². The highest BCUT2D eigenvalue weighted by molar-refractivity contribution is 5.87. The van der Waals surface area contributed by atoms with Gasteiger partial charge in [0.15, 0.2) is 0 Å². The average Bonchev–Trinajstić information content (AvgIpc) is 1.61. The predicted octanol–water partition coefficient (Wildman–Crippen LogP) is 18.1. The maximum absolute atomic E-state index is 13.3. The van der Waals surface area contributed by atoms with Crippen LogP contribution in [0.25, 0.3) is 0 Å². The molecule has 9 rings (SSSR count). The molecule has 16 atom stereocenters. The molecule has 0 aromatic carbocycles. The van der Waals surface area contributed by atoms with Crippen molar-refractivity contribution in [3.63, 3.8) is 0 Å². The van der Waals surface area contributed by atoms with E-state index in [2.05, 4.69) is 27.0 Å². The molecule has 0 radical (unpaired) electrons. The molecule has 0 N–H and O–H groups in total. The summed E-state index contributed by atoms with van der Waals surface area (Å²) in [6.07, 6.45) is 46.6. The molecule has 0 aromatic heterocycles. The first-order valence-electron chi connectivity index (χ1n) is 38.6. The van der Waals surface area contributed by atoms with Gasteiger partial charge >= 0.3 is 35.8 Å². The summed E-state index contributed by atoms with van der Waals surface area (Å²) in [6, 6.07) is 0. The van der Waals surface area contributed by atoms with E-state index in [0.29, 0.717) is 156 Å². The Kier molecular flexibility index (Phi) is 29.1. The fourth-order valence-corrected chi connectivity index (χ4v) is 21.1. The normalized spacial score (nSPS) is 34.5. The SMILES string of the molecule is C=CC(=O)OCC1CC2C3CC(COC(=O)C4CCC(C(=O)OCCCCCCC5C(CCCCCC)CCC(CCCCCCCC)C5CCCCCCOC(=O)C5CCC(C(=O)OCC6CC7CC6C6CC(COC(=O)C(=C)C)CC76)CC5)CC4)C(C3)C2C1. The molecule has 0 amide bonds. The molecule has 16 unspecified atom stereocenters. The van der Waals surface area contributed by atoms with E-state index in [1.54, 1.807) is 6.92 Å². The number of esters is 6. The molecule has 514 valence electrons. The molecule has 0 aromatic rings. The summed E-state index contributed by atoms with van der Waals surface area (Å²) in [4.78, 5) is 76.9. The lowest BCUT2D eigenvalue weighted by molar-refractivity contribution is -0.156. The van der Waals surface area contributed by atoms with E-state index in [1.165, 1.54) is 147 Å². The molecular weight excluding hydrogens is 1140 g/mol. The largest absolute Gasteiger partial charge is 0.465 e. The standard InChI is InChI=1S/C79H126O12/c1-6-9-11-13-14-20-26-57-30-29-56(25-19-12-10-7-2)66(27-21-15-17-23-39-86-76(82)58-31-35-60(36-32-58)78(84)90-51-64-45-62-47-70(64)72-43-54(41-68(62)72)49-88-74(80)8-3)67(57)28-22-16-18-24-40-87-77(83)59-33-37-61(38-34-59)79(85)91-52-65-46-63-48-71(65)73-44-55(42-69(63)73)50-89-75(81)53(4)5/h8,54-73H,3-4,6-7,9-52H2,1-2,5H3. The molecule has 9 aliphatic carbocycles. The molecule has 91 heavy (non-hydrogen) atoms. The number of fused-ring (bicyclic) bond motifs is 10. The van der Waals surface area contributed by atoms with Crippen LogP contribution in [0, 0.1) is 118 Å². The first-order valence-corrected chi connectivity index (χ1v) is 38.6. The number of hydrogen-bond acceptors (Lipinski definition) is 12. The lowest BCUT2D eigenvalue weighted by Gasteiger charge is -2.44. The van der Waals surface area contributed by atoms with Crippen LogP contribution in [-0.4, -0.2) is 75.5 Å². The molecule has 9 aliphatic rings. The quantitative estimate of drug-likeness (QED) is 0.0248. The number of hydrogen-bond donors (Lipinski definition) is 0. The van der Waals surface area contributed by atoms with Gasteiger partial charge in [0.25, 0.3) is 0 Å². The van der Waals surface area contributed by atoms with Gasteiger partial charge in [-0.1, -0.05) is 143 Å². The average molecular weight is 1270 g/mol. The van der Waals surface area contributed by atoms with Crippen LogP contribution in [0.15, 0.2) is 24.8 Å². The van der Waals surface area contributed by atoms with Gasteiger partial charge in [-0.3, -0.25) is 19.2 Å². The molecule has 9 saturated carbocycles. The Labute approximate surface area is 550 Å². The van der Waals surface area contributed by atoms with E-state index >= 15 is 0 Å². The molecule has 0 spiro atoms. The fraction of sp³-hybridized carbons (Fsp3) is 0.873. The second-order valence-corrected chi connectivity index (χ2v) is 31.8. The zero-order valence-electron chi connectivity index (χ0n) is 57.5. The van der Waals surface area contributed by atoms with Crippen LogP contribution >= 0.6 is 0 Å². The Hall–Kier alpha value is -3.70. The summed E-state index contributed by atoms with van der Waals surface area (Å²) in [5, 5.41) is 0. The number of ether oxygens (including phenoxy) is 6. The Bertz CT molecular complexity index is 2300. The molecule has 0 saturated heterocycles. The Morgan fingerprint density at radius 1 is 0.363 bits per heavy atom. The summed E-state index contributed by atoms with van der Waals surface area (Å²) in [6.45, 7) is 16.6. The summed E-state index contributed by atoms with van der Waals surface area (Å²) < 4.78 is 34.8. The minimum absolute atomic E-state index is 0.0776. The van der Waals surface area contributed by atoms with Gasteiger partial charge in [0.05, 0.1) is 63.3 Å². The third kappa shape index (κ3) is 20.4. The van der Waals surface area contributed by atoms with Crippen LogP contribution in [0.3, 0.4) is 0 Å². The van der Waals surface area contributed by atoms with Crippen LogP contribution in [-0.2, 0) is 57.2 Å². The highest BCUT2D eigenvalue weighted by Crippen LogP contribution is 2.64. The molecule has 0 aliphatic heterocycles. The van der Waals surface area contributed by atoms with Crippen molar-refractivity contribution in [1.82, 2.24) is 0 Å². The van der Waals surface area contributed by atoms with Crippen molar-refractivity contribution >= 4 is 35.8 Å². The van der Waals surface area contributed by atoms with Gasteiger partial charge in [-0.25, -0.2) is 9.59 Å². The number of rotatable bonds is 40. The van der Waals surface area contributed by atoms with Crippen LogP contribution < -0.4 is 0 Å². The molecule has 9 fully saturated rings. The zero-order chi connectivity index (χ0) is 64.1. The van der Waals surface area contributed by atoms with Gasteiger partial charge in [-0.2, -0.15) is 0 Å². The maximum atomic E-state index is 13.3. The molecule has 0 heterocycles. The summed E-state index contributed by atoms with van der Waals surface area (Å²) in [5.41, 5.74) is 0.454. The minimum atomic E-state index is -0.336. The van der Waals surface area contributed by atoms with E-state index in [0.717, 1.165) is 99.7 Å². The minimum Gasteiger partial charge on any atom is -0.465 e. The van der Waals surface area contributed by atoms with Gasteiger partial charge in [0.1, 0.15) is 0 Å². The summed E-state index contributed by atoms with van der Waals surface area (Å²) in [7, 11) is 0. The van der Waals surface area contributed by atoms with Crippen LogP contribution in [0.1, 0.15) is 278 Å². The van der Waals surface area contributed by atoms with Crippen molar-refractivity contribution in [3.05, 3.63) is 24.8 Å². The third-order valence-corrected chi connectivity index (χ3v) is 25.9. The van der Waals surface area contributed by atoms with Crippen molar-refractivity contribution in [2.75, 3.05) is 39.6 Å². The second kappa shape index (κ2) is 37.0. The van der Waals surface area contributed by atoms with Gasteiger partial charge in [-0.15, -0.1) is 0 Å². The van der Waals surface area contributed by atoms with Crippen molar-refractivity contribution in [2.24, 2.45) is 118 Å². The smallest absolute Gasteiger partial charge is 0.333 e. The van der Waals surface area contributed by atoms with E-state index < -0.39 is 0 Å². The number of carbonyl (C=O) groups excluding carboxylic acids is 6. The first kappa shape index (κ1) is 71.6. The van der Waals surface area contributed by atoms with Gasteiger partial charge in [-0.05, 0) is 243 Å². The first-order chi connectivity index (χ1) is 44.3. The lowest BCUT2D eigenvalue weighted by atomic mass is 9.61. The molecule has 4 bridgehead atoms. The van der Waals surface area contributed by atoms with Crippen LogP contribution in [0.5, 0.6) is 0 Å². The molecule has 12 heteroatoms. The predicted molar refractivity (Wildman–Crippen MR) is 357 cm³/mol. The number of unbranched alkanes of at least 4 members (excludes halogenated alkanes) is 14. The highest BCUT2D eigenvalue weighted by atomic mass is 16.6. The molecular formula is C79H126O12. The Balaban J connectivity index is 0.637. The van der Waals surface area contributed by atoms with Crippen molar-refractivity contribution < 1.29 is 57.2 Å². The van der Waals surface area contributed by atoms with E-state index in [9.17, 15) is 28.8 Å². The second-order valence-electron chi connectivity index (χ2n) is 31.8. The van der Waals surface area contributed by atoms with Crippen molar-refractivity contribution in [2.45, 2.75) is 278 Å². The summed E-state index contributed by atoms with van der Waals surface area (Å²) >= 11 is 0.